The summed E-state index contributed by atoms with van der Waals surface area (Å²) in [5.74, 6) is 1.41. The lowest BCUT2D eigenvalue weighted by molar-refractivity contribution is 0.763. The van der Waals surface area contributed by atoms with Gasteiger partial charge < -0.3 is 0 Å². The molecule has 0 atom stereocenters. The van der Waals surface area contributed by atoms with E-state index in [-0.39, 0.29) is 0 Å². The number of halogens is 2. The van der Waals surface area contributed by atoms with Crippen LogP contribution in [0.25, 0.3) is 11.4 Å². The molecule has 0 fully saturated rings. The van der Waals surface area contributed by atoms with E-state index in [4.69, 9.17) is 28.3 Å². The molecule has 0 N–H and O–H groups in total. The SMILES string of the molecule is Clc1ccc(-c2nnc3n2N=C(c2cccs2)CS3)c(Cl)c1. The second-order valence-corrected chi connectivity index (χ2v) is 7.29. The molecule has 3 aromatic rings. The van der Waals surface area contributed by atoms with Crippen molar-refractivity contribution in [2.45, 2.75) is 5.16 Å². The highest BCUT2D eigenvalue weighted by Gasteiger charge is 2.22. The topological polar surface area (TPSA) is 43.1 Å². The Morgan fingerprint density at radius 2 is 2.05 bits per heavy atom. The minimum absolute atomic E-state index is 0.533. The number of hydrogen-bond acceptors (Lipinski definition) is 5. The van der Waals surface area contributed by atoms with E-state index in [0.717, 1.165) is 27.1 Å². The lowest BCUT2D eigenvalue weighted by Gasteiger charge is -2.13. The predicted molar refractivity (Wildman–Crippen MR) is 92.5 cm³/mol. The van der Waals surface area contributed by atoms with Crippen LogP contribution in [0, 0.1) is 0 Å². The van der Waals surface area contributed by atoms with Gasteiger partial charge >= 0.3 is 0 Å². The van der Waals surface area contributed by atoms with Crippen LogP contribution in [0.15, 0.2) is 46.0 Å². The fourth-order valence-corrected chi connectivity index (χ4v) is 4.25. The van der Waals surface area contributed by atoms with Crippen molar-refractivity contribution in [1.29, 1.82) is 0 Å². The van der Waals surface area contributed by atoms with Gasteiger partial charge in [0, 0.05) is 16.3 Å². The van der Waals surface area contributed by atoms with E-state index in [1.165, 1.54) is 0 Å². The van der Waals surface area contributed by atoms with Crippen molar-refractivity contribution >= 4 is 52.0 Å². The van der Waals surface area contributed by atoms with Crippen molar-refractivity contribution in [3.8, 4) is 11.4 Å². The van der Waals surface area contributed by atoms with E-state index >= 15 is 0 Å². The van der Waals surface area contributed by atoms with Crippen LogP contribution in [0.1, 0.15) is 4.88 Å². The number of benzene rings is 1. The Labute approximate surface area is 144 Å². The molecule has 2 aromatic heterocycles. The number of nitrogens with zero attached hydrogens (tertiary/aromatic N) is 4. The molecule has 3 heterocycles. The van der Waals surface area contributed by atoms with Crippen LogP contribution in [0.2, 0.25) is 10.0 Å². The molecule has 0 aliphatic carbocycles. The van der Waals surface area contributed by atoms with Crippen molar-refractivity contribution in [2.75, 3.05) is 5.75 Å². The van der Waals surface area contributed by atoms with Crippen LogP contribution in [0.5, 0.6) is 0 Å². The van der Waals surface area contributed by atoms with Gasteiger partial charge in [-0.3, -0.25) is 0 Å². The fourth-order valence-electron chi connectivity index (χ4n) is 2.13. The number of aromatic nitrogens is 3. The lowest BCUT2D eigenvalue weighted by Crippen LogP contribution is -2.12. The van der Waals surface area contributed by atoms with Crippen LogP contribution in [-0.4, -0.2) is 26.3 Å². The van der Waals surface area contributed by atoms with Crippen molar-refractivity contribution in [3.63, 3.8) is 0 Å². The first-order chi connectivity index (χ1) is 10.7. The van der Waals surface area contributed by atoms with Crippen molar-refractivity contribution in [2.24, 2.45) is 5.10 Å². The average Bonchev–Trinajstić information content (AvgIpc) is 3.16. The molecular formula is C14H8Cl2N4S2. The summed E-state index contributed by atoms with van der Waals surface area (Å²) in [5, 5.41) is 17.1. The Hall–Kier alpha value is -1.34. The maximum Gasteiger partial charge on any atom is 0.212 e. The summed E-state index contributed by atoms with van der Waals surface area (Å²) in [5.41, 5.74) is 1.78. The highest BCUT2D eigenvalue weighted by molar-refractivity contribution is 7.99. The van der Waals surface area contributed by atoms with Gasteiger partial charge in [0.15, 0.2) is 5.82 Å². The molecular weight excluding hydrogens is 359 g/mol. The number of thiophene rings is 1. The molecule has 22 heavy (non-hydrogen) atoms. The van der Waals surface area contributed by atoms with Crippen LogP contribution in [0.3, 0.4) is 0 Å². The Kier molecular flexibility index (Phi) is 3.69. The Morgan fingerprint density at radius 3 is 2.82 bits per heavy atom. The third kappa shape index (κ3) is 2.46. The molecule has 110 valence electrons. The average molecular weight is 367 g/mol. The zero-order chi connectivity index (χ0) is 15.1. The lowest BCUT2D eigenvalue weighted by atomic mass is 10.2. The third-order valence-electron chi connectivity index (χ3n) is 3.15. The van der Waals surface area contributed by atoms with Crippen molar-refractivity contribution in [1.82, 2.24) is 14.9 Å². The summed E-state index contributed by atoms with van der Waals surface area (Å²) >= 11 is 15.5. The number of hydrogen-bond donors (Lipinski definition) is 0. The van der Waals surface area contributed by atoms with Gasteiger partial charge in [-0.25, -0.2) is 0 Å². The molecule has 0 amide bonds. The summed E-state index contributed by atoms with van der Waals surface area (Å²) in [6.45, 7) is 0. The molecule has 8 heteroatoms. The van der Waals surface area contributed by atoms with E-state index in [9.17, 15) is 0 Å². The van der Waals surface area contributed by atoms with Crippen LogP contribution >= 0.6 is 46.3 Å². The van der Waals surface area contributed by atoms with Gasteiger partial charge in [0.05, 0.1) is 15.6 Å². The molecule has 1 aromatic carbocycles. The summed E-state index contributed by atoms with van der Waals surface area (Å²) in [7, 11) is 0. The standard InChI is InChI=1S/C14H8Cl2N4S2/c15-8-3-4-9(10(16)6-8)13-17-18-14-20(13)19-11(7-22-14)12-2-1-5-21-12/h1-6H,7H2. The van der Waals surface area contributed by atoms with Crippen LogP contribution in [-0.2, 0) is 0 Å². The molecule has 0 radical (unpaired) electrons. The summed E-state index contributed by atoms with van der Waals surface area (Å²) in [6, 6.07) is 9.39. The molecule has 0 spiro atoms. The summed E-state index contributed by atoms with van der Waals surface area (Å²) in [6.07, 6.45) is 0. The van der Waals surface area contributed by atoms with E-state index in [2.05, 4.69) is 16.3 Å². The highest BCUT2D eigenvalue weighted by atomic mass is 35.5. The van der Waals surface area contributed by atoms with Gasteiger partial charge in [-0.2, -0.15) is 9.78 Å². The minimum atomic E-state index is 0.533. The van der Waals surface area contributed by atoms with Gasteiger partial charge in [0.25, 0.3) is 0 Å². The van der Waals surface area contributed by atoms with Gasteiger partial charge in [-0.15, -0.1) is 21.5 Å². The minimum Gasteiger partial charge on any atom is -0.186 e. The van der Waals surface area contributed by atoms with Gasteiger partial charge in [0.1, 0.15) is 0 Å². The van der Waals surface area contributed by atoms with E-state index in [1.54, 1.807) is 39.9 Å². The maximum absolute atomic E-state index is 6.28. The molecule has 1 aliphatic heterocycles. The first-order valence-corrected chi connectivity index (χ1v) is 9.00. The van der Waals surface area contributed by atoms with Crippen LogP contribution in [0.4, 0.5) is 0 Å². The predicted octanol–water partition coefficient (Wildman–Crippen LogP) is 4.67. The third-order valence-corrected chi connectivity index (χ3v) is 5.55. The van der Waals surface area contributed by atoms with Gasteiger partial charge in [0.2, 0.25) is 5.16 Å². The van der Waals surface area contributed by atoms with Crippen molar-refractivity contribution in [3.05, 3.63) is 50.6 Å². The van der Waals surface area contributed by atoms with Crippen LogP contribution < -0.4 is 0 Å². The number of fused-ring (bicyclic) bond motifs is 1. The second kappa shape index (κ2) is 5.70. The van der Waals surface area contributed by atoms with E-state index < -0.39 is 0 Å². The first kappa shape index (κ1) is 14.3. The largest absolute Gasteiger partial charge is 0.212 e. The van der Waals surface area contributed by atoms with E-state index in [0.29, 0.717) is 15.9 Å². The zero-order valence-corrected chi connectivity index (χ0v) is 14.2. The van der Waals surface area contributed by atoms with Gasteiger partial charge in [-0.05, 0) is 29.6 Å². The molecule has 0 unspecified atom stereocenters. The monoisotopic (exact) mass is 366 g/mol. The molecule has 1 aliphatic rings. The number of rotatable bonds is 2. The molecule has 4 rings (SSSR count). The second-order valence-electron chi connectivity index (χ2n) is 4.55. The zero-order valence-electron chi connectivity index (χ0n) is 11.0. The van der Waals surface area contributed by atoms with E-state index in [1.807, 2.05) is 17.5 Å². The van der Waals surface area contributed by atoms with Crippen molar-refractivity contribution < 1.29 is 0 Å². The Bertz CT molecular complexity index is 871. The smallest absolute Gasteiger partial charge is 0.186 e. The number of thioether (sulfide) groups is 1. The normalized spacial score (nSPS) is 13.8. The quantitative estimate of drug-likeness (QED) is 0.661. The first-order valence-electron chi connectivity index (χ1n) is 6.38. The molecule has 0 saturated carbocycles. The molecule has 0 bridgehead atoms. The van der Waals surface area contributed by atoms with Gasteiger partial charge in [-0.1, -0.05) is 41.0 Å². The Balaban J connectivity index is 1.84. The molecule has 0 saturated heterocycles. The summed E-state index contributed by atoms with van der Waals surface area (Å²) < 4.78 is 1.75. The molecule has 4 nitrogen and oxygen atoms in total. The summed E-state index contributed by atoms with van der Waals surface area (Å²) in [4.78, 5) is 1.15. The maximum atomic E-state index is 6.28. The fraction of sp³-hybridized carbons (Fsp3) is 0.0714. The highest BCUT2D eigenvalue weighted by Crippen LogP contribution is 2.33. The Morgan fingerprint density at radius 1 is 1.14 bits per heavy atom.